The fourth-order valence-electron chi connectivity index (χ4n) is 0. The minimum atomic E-state index is -0.833. The molecule has 8 heteroatoms. The summed E-state index contributed by atoms with van der Waals surface area (Å²) in [6, 6.07) is 0. The van der Waals surface area contributed by atoms with Crippen LogP contribution in [-0.4, -0.2) is 33.0 Å². The van der Waals surface area contributed by atoms with Gasteiger partial charge in [0.25, 0.3) is 5.97 Å². The summed E-state index contributed by atoms with van der Waals surface area (Å²) < 4.78 is 0. The molecule has 0 aromatic carbocycles. The van der Waals surface area contributed by atoms with E-state index in [1.165, 1.54) is 0 Å². The van der Waals surface area contributed by atoms with Crippen molar-refractivity contribution >= 4 is 5.97 Å². The van der Waals surface area contributed by atoms with Crippen LogP contribution in [0.15, 0.2) is 0 Å². The van der Waals surface area contributed by atoms with Crippen molar-refractivity contribution in [2.45, 2.75) is 6.92 Å². The second-order valence-corrected chi connectivity index (χ2v) is 0.519. The van der Waals surface area contributed by atoms with E-state index in [2.05, 4.69) is 0 Å². The molecule has 0 saturated carbocycles. The van der Waals surface area contributed by atoms with E-state index in [1.54, 1.807) is 0 Å². The Morgan fingerprint density at radius 3 is 1.10 bits per heavy atom. The maximum atomic E-state index is 9.00. The van der Waals surface area contributed by atoms with Crippen molar-refractivity contribution in [1.29, 1.82) is 0 Å². The van der Waals surface area contributed by atoms with Crippen LogP contribution in [0.3, 0.4) is 0 Å². The van der Waals surface area contributed by atoms with Crippen molar-refractivity contribution in [1.82, 2.24) is 0 Å². The van der Waals surface area contributed by atoms with Crippen molar-refractivity contribution < 1.29 is 78.3 Å². The third kappa shape index (κ3) is 855. The molecule has 0 aliphatic heterocycles. The molecule has 0 radical (unpaired) electrons. The fourth-order valence-corrected chi connectivity index (χ4v) is 0. The van der Waals surface area contributed by atoms with Gasteiger partial charge < -0.3 is 44.0 Å². The summed E-state index contributed by atoms with van der Waals surface area (Å²) in [6.45, 7) is 1.08. The Kier molecular flexibility index (Phi) is 379. The molecule has 0 aromatic rings. The van der Waals surface area contributed by atoms with Crippen LogP contribution in [-0.2, 0) is 4.79 Å². The zero-order valence-corrected chi connectivity index (χ0v) is 9.32. The van der Waals surface area contributed by atoms with Gasteiger partial charge in [-0.3, -0.25) is 4.79 Å². The van der Waals surface area contributed by atoms with E-state index in [-0.39, 0.29) is 68.4 Å². The first kappa shape index (κ1) is 72.0. The minimum absolute atomic E-state index is 0. The molecule has 9 N–H and O–H groups in total. The van der Waals surface area contributed by atoms with Crippen LogP contribution >= 0.6 is 0 Å². The monoisotopic (exact) mass is 234 g/mol. The van der Waals surface area contributed by atoms with Gasteiger partial charge in [-0.1, -0.05) is 0 Å². The van der Waals surface area contributed by atoms with E-state index in [9.17, 15) is 0 Å². The molecule has 0 saturated heterocycles. The molecule has 0 bridgehead atoms. The van der Waals surface area contributed by atoms with Crippen molar-refractivity contribution in [2.75, 3.05) is 0 Å². The molecule has 0 atom stereocenters. The Morgan fingerprint density at radius 2 is 1.10 bits per heavy atom. The van der Waals surface area contributed by atoms with Crippen LogP contribution in [0.1, 0.15) is 6.92 Å². The van der Waals surface area contributed by atoms with Crippen molar-refractivity contribution in [3.8, 4) is 0 Å². The second-order valence-electron chi connectivity index (χ2n) is 0.519. The number of rotatable bonds is 0. The van der Waals surface area contributed by atoms with Gasteiger partial charge in [0.2, 0.25) is 0 Å². The Balaban J connectivity index is -0.00000000300. The minimum Gasteiger partial charge on any atom is -1.00 e. The average Bonchev–Trinajstić information content (AvgIpc) is 0.811. The number of halogens is 1. The van der Waals surface area contributed by atoms with Gasteiger partial charge in [-0.05, 0) is 0 Å². The van der Waals surface area contributed by atoms with Crippen molar-refractivity contribution in [3.05, 3.63) is 0 Å². The first-order valence-electron chi connectivity index (χ1n) is 0.928. The molecular weight excluding hydrogens is 223 g/mol. The molecule has 0 aliphatic carbocycles. The number of hydrogen-bond donors (Lipinski definition) is 1. The first-order valence-corrected chi connectivity index (χ1v) is 0.928. The predicted molar refractivity (Wildman–Crippen MR) is 27.8 cm³/mol. The molecule has 0 rings (SSSR count). The molecule has 0 fully saturated rings. The summed E-state index contributed by atoms with van der Waals surface area (Å²) in [5.41, 5.74) is 0. The Hall–Kier alpha value is 0.790. The summed E-state index contributed by atoms with van der Waals surface area (Å²) in [4.78, 5) is 9.00. The quantitative estimate of drug-likeness (QED) is 0.412. The third-order valence-corrected chi connectivity index (χ3v) is 0. The summed E-state index contributed by atoms with van der Waals surface area (Å²) in [5.74, 6) is -0.833. The van der Waals surface area contributed by atoms with Crippen LogP contribution in [0.5, 0.6) is 0 Å². The van der Waals surface area contributed by atoms with Crippen LogP contribution < -0.4 is 46.5 Å². The standard InChI is InChI=1S/C2H4O2.BrH.Na.4H2O/c1-2(3)4;;;;;;/h1H3,(H,3,4);1H;;4*1H2/q;;+1;;;;/p-1. The molecule has 10 heavy (non-hydrogen) atoms. The molecule has 6 nitrogen and oxygen atoms in total. The third-order valence-electron chi connectivity index (χ3n) is 0. The Bertz CT molecular complexity index is 38.7. The van der Waals surface area contributed by atoms with Gasteiger partial charge in [-0.25, -0.2) is 0 Å². The van der Waals surface area contributed by atoms with Gasteiger partial charge in [0.05, 0.1) is 0 Å². The maximum Gasteiger partial charge on any atom is 1.00 e. The normalized spacial score (nSPS) is 2.50. The smallest absolute Gasteiger partial charge is 1.00 e. The van der Waals surface area contributed by atoms with E-state index >= 15 is 0 Å². The topological polar surface area (TPSA) is 163 Å². The van der Waals surface area contributed by atoms with Gasteiger partial charge in [0.1, 0.15) is 0 Å². The summed E-state index contributed by atoms with van der Waals surface area (Å²) in [5, 5.41) is 7.42. The van der Waals surface area contributed by atoms with Gasteiger partial charge in [0.15, 0.2) is 0 Å². The zero-order valence-electron chi connectivity index (χ0n) is 5.73. The number of aliphatic carboxylic acids is 1. The van der Waals surface area contributed by atoms with Crippen LogP contribution in [0.4, 0.5) is 0 Å². The van der Waals surface area contributed by atoms with E-state index < -0.39 is 5.97 Å². The van der Waals surface area contributed by atoms with Crippen molar-refractivity contribution in [2.24, 2.45) is 0 Å². The number of hydrogen-bond acceptors (Lipinski definition) is 1. The van der Waals surface area contributed by atoms with Crippen LogP contribution in [0.2, 0.25) is 0 Å². The second kappa shape index (κ2) is 52.7. The van der Waals surface area contributed by atoms with E-state index in [0.29, 0.717) is 0 Å². The number of carbonyl (C=O) groups is 1. The van der Waals surface area contributed by atoms with Gasteiger partial charge in [-0.2, -0.15) is 0 Å². The molecule has 0 spiro atoms. The summed E-state index contributed by atoms with van der Waals surface area (Å²) >= 11 is 0. The summed E-state index contributed by atoms with van der Waals surface area (Å²) in [6.07, 6.45) is 0. The molecular formula is C2H12BrNaO6. The molecule has 0 amide bonds. The summed E-state index contributed by atoms with van der Waals surface area (Å²) in [7, 11) is 0. The van der Waals surface area contributed by atoms with Crippen molar-refractivity contribution in [3.63, 3.8) is 0 Å². The van der Waals surface area contributed by atoms with Crippen LogP contribution in [0.25, 0.3) is 0 Å². The SMILES string of the molecule is CC(=O)O.O.O.O.O.[Br-].[Na+]. The number of carboxylic acid groups (broad SMARTS) is 1. The number of carboxylic acids is 1. The predicted octanol–water partition coefficient (Wildman–Crippen LogP) is -9.20. The molecule has 0 heterocycles. The van der Waals surface area contributed by atoms with Gasteiger partial charge in [0, 0.05) is 6.92 Å². The molecule has 0 aromatic heterocycles. The van der Waals surface area contributed by atoms with E-state index in [1.807, 2.05) is 0 Å². The van der Waals surface area contributed by atoms with E-state index in [4.69, 9.17) is 9.90 Å². The maximum absolute atomic E-state index is 9.00. The molecule has 0 aliphatic rings. The fraction of sp³-hybridized carbons (Fsp3) is 0.500. The van der Waals surface area contributed by atoms with Crippen LogP contribution in [0, 0.1) is 0 Å². The van der Waals surface area contributed by atoms with Gasteiger partial charge in [-0.15, -0.1) is 0 Å². The molecule has 64 valence electrons. The first-order chi connectivity index (χ1) is 1.73. The Morgan fingerprint density at radius 1 is 1.10 bits per heavy atom. The Labute approximate surface area is 90.9 Å². The average molecular weight is 235 g/mol. The van der Waals surface area contributed by atoms with E-state index in [0.717, 1.165) is 6.92 Å². The van der Waals surface area contributed by atoms with Gasteiger partial charge >= 0.3 is 29.6 Å². The zero-order chi connectivity index (χ0) is 3.58. The largest absolute Gasteiger partial charge is 1.00 e. The molecule has 0 unspecified atom stereocenters.